The van der Waals surface area contributed by atoms with Crippen LogP contribution in [-0.2, 0) is 16.1 Å². The van der Waals surface area contributed by atoms with Gasteiger partial charge in [0.05, 0.1) is 19.8 Å². The lowest BCUT2D eigenvalue weighted by atomic mass is 10.2. The van der Waals surface area contributed by atoms with Gasteiger partial charge in [0.15, 0.2) is 0 Å². The van der Waals surface area contributed by atoms with Crippen LogP contribution in [0.15, 0.2) is 30.3 Å². The van der Waals surface area contributed by atoms with Crippen LogP contribution in [0.1, 0.15) is 5.56 Å². The summed E-state index contributed by atoms with van der Waals surface area (Å²) in [5.74, 6) is 0. The Morgan fingerprint density at radius 1 is 1.21 bits per heavy atom. The van der Waals surface area contributed by atoms with E-state index in [-0.39, 0.29) is 18.8 Å². The van der Waals surface area contributed by atoms with Crippen molar-refractivity contribution in [1.82, 2.24) is 0 Å². The number of ether oxygens (including phenoxy) is 2. The van der Waals surface area contributed by atoms with Crippen molar-refractivity contribution in [3.05, 3.63) is 35.9 Å². The summed E-state index contributed by atoms with van der Waals surface area (Å²) < 4.78 is 10.6. The molecule has 1 aromatic carbocycles. The molecule has 1 aliphatic rings. The van der Waals surface area contributed by atoms with Gasteiger partial charge in [-0.25, -0.2) is 0 Å². The smallest absolute Gasteiger partial charge is 0.110 e. The second-order valence-electron chi connectivity index (χ2n) is 3.40. The minimum atomic E-state index is 0.00535. The van der Waals surface area contributed by atoms with Gasteiger partial charge in [-0.3, -0.25) is 0 Å². The lowest BCUT2D eigenvalue weighted by molar-refractivity contribution is 0.104. The van der Waals surface area contributed by atoms with Crippen molar-refractivity contribution in [1.29, 1.82) is 0 Å². The van der Waals surface area contributed by atoms with Crippen molar-refractivity contribution in [3.63, 3.8) is 0 Å². The fourth-order valence-electron chi connectivity index (χ4n) is 1.35. The third kappa shape index (κ3) is 2.54. The molecule has 1 aromatic rings. The van der Waals surface area contributed by atoms with E-state index in [2.05, 4.69) is 0 Å². The average Bonchev–Trinajstić information content (AvgIpc) is 2.98. The first-order valence-corrected chi connectivity index (χ1v) is 4.78. The van der Waals surface area contributed by atoms with Gasteiger partial charge >= 0.3 is 0 Å². The predicted molar refractivity (Wildman–Crippen MR) is 51.8 cm³/mol. The molecular weight excluding hydrogens is 180 g/mol. The van der Waals surface area contributed by atoms with Crippen LogP contribution in [0.5, 0.6) is 0 Å². The SMILES string of the molecule is OCC1O[C@@H]1COCc1ccccc1. The zero-order valence-corrected chi connectivity index (χ0v) is 7.93. The number of aliphatic hydroxyl groups is 1. The third-order valence-corrected chi connectivity index (χ3v) is 2.26. The number of hydrogen-bond acceptors (Lipinski definition) is 3. The van der Waals surface area contributed by atoms with E-state index < -0.39 is 0 Å². The Morgan fingerprint density at radius 2 is 2.00 bits per heavy atom. The van der Waals surface area contributed by atoms with Gasteiger partial charge in [-0.2, -0.15) is 0 Å². The average molecular weight is 194 g/mol. The standard InChI is InChI=1S/C11H14O3/c12-6-10-11(14-10)8-13-7-9-4-2-1-3-5-9/h1-5,10-12H,6-8H2/t10?,11-/m1/s1. The molecule has 3 heteroatoms. The molecule has 0 spiro atoms. The first-order valence-electron chi connectivity index (χ1n) is 4.78. The van der Waals surface area contributed by atoms with E-state index in [1.807, 2.05) is 30.3 Å². The van der Waals surface area contributed by atoms with Crippen molar-refractivity contribution in [2.45, 2.75) is 18.8 Å². The van der Waals surface area contributed by atoms with Gasteiger partial charge in [0.1, 0.15) is 12.2 Å². The Balaban J connectivity index is 1.64. The zero-order chi connectivity index (χ0) is 9.80. The van der Waals surface area contributed by atoms with Crippen LogP contribution in [0.2, 0.25) is 0 Å². The Bertz CT molecular complexity index is 273. The van der Waals surface area contributed by atoms with Crippen LogP contribution in [0.25, 0.3) is 0 Å². The normalized spacial score (nSPS) is 24.9. The van der Waals surface area contributed by atoms with E-state index in [0.717, 1.165) is 5.56 Å². The lowest BCUT2D eigenvalue weighted by Gasteiger charge is -2.01. The molecule has 0 amide bonds. The summed E-state index contributed by atoms with van der Waals surface area (Å²) in [6.07, 6.45) is 0.106. The minimum absolute atomic E-state index is 0.00535. The van der Waals surface area contributed by atoms with Crippen LogP contribution < -0.4 is 0 Å². The highest BCUT2D eigenvalue weighted by atomic mass is 16.6. The van der Waals surface area contributed by atoms with E-state index >= 15 is 0 Å². The molecule has 3 nitrogen and oxygen atoms in total. The van der Waals surface area contributed by atoms with Crippen molar-refractivity contribution in [2.75, 3.05) is 13.2 Å². The monoisotopic (exact) mass is 194 g/mol. The fourth-order valence-corrected chi connectivity index (χ4v) is 1.35. The number of aliphatic hydroxyl groups excluding tert-OH is 1. The summed E-state index contributed by atoms with van der Waals surface area (Å²) in [7, 11) is 0. The summed E-state index contributed by atoms with van der Waals surface area (Å²) in [6, 6.07) is 10.0. The van der Waals surface area contributed by atoms with E-state index in [9.17, 15) is 0 Å². The van der Waals surface area contributed by atoms with Crippen LogP contribution in [-0.4, -0.2) is 30.5 Å². The number of rotatable bonds is 5. The van der Waals surface area contributed by atoms with Crippen LogP contribution in [0.4, 0.5) is 0 Å². The predicted octanol–water partition coefficient (Wildman–Crippen LogP) is 0.963. The van der Waals surface area contributed by atoms with Crippen molar-refractivity contribution >= 4 is 0 Å². The highest BCUT2D eigenvalue weighted by Crippen LogP contribution is 2.21. The maximum atomic E-state index is 8.71. The molecule has 76 valence electrons. The van der Waals surface area contributed by atoms with Crippen molar-refractivity contribution in [3.8, 4) is 0 Å². The van der Waals surface area contributed by atoms with E-state index in [1.165, 1.54) is 0 Å². The molecule has 1 N–H and O–H groups in total. The van der Waals surface area contributed by atoms with Gasteiger partial charge in [-0.1, -0.05) is 30.3 Å². The Kier molecular flexibility index (Phi) is 3.14. The maximum absolute atomic E-state index is 8.71. The third-order valence-electron chi connectivity index (χ3n) is 2.26. The first kappa shape index (κ1) is 9.65. The topological polar surface area (TPSA) is 42.0 Å². The minimum Gasteiger partial charge on any atom is -0.394 e. The van der Waals surface area contributed by atoms with Gasteiger partial charge in [-0.05, 0) is 5.56 Å². The molecule has 14 heavy (non-hydrogen) atoms. The molecule has 1 aliphatic heterocycles. The quantitative estimate of drug-likeness (QED) is 0.710. The van der Waals surface area contributed by atoms with Crippen LogP contribution in [0.3, 0.4) is 0 Å². The van der Waals surface area contributed by atoms with Crippen molar-refractivity contribution in [2.24, 2.45) is 0 Å². The summed E-state index contributed by atoms with van der Waals surface area (Å²) in [6.45, 7) is 1.28. The molecular formula is C11H14O3. The van der Waals surface area contributed by atoms with Crippen LogP contribution in [0, 0.1) is 0 Å². The van der Waals surface area contributed by atoms with Gasteiger partial charge in [0.25, 0.3) is 0 Å². The Hall–Kier alpha value is -0.900. The molecule has 1 unspecified atom stereocenters. The molecule has 0 aromatic heterocycles. The second kappa shape index (κ2) is 4.55. The van der Waals surface area contributed by atoms with Crippen LogP contribution >= 0.6 is 0 Å². The molecule has 2 rings (SSSR count). The van der Waals surface area contributed by atoms with Gasteiger partial charge in [0.2, 0.25) is 0 Å². The second-order valence-corrected chi connectivity index (χ2v) is 3.40. The van der Waals surface area contributed by atoms with E-state index in [4.69, 9.17) is 14.6 Å². The Labute approximate surface area is 83.3 Å². The van der Waals surface area contributed by atoms with E-state index in [0.29, 0.717) is 13.2 Å². The molecule has 0 saturated carbocycles. The van der Waals surface area contributed by atoms with Gasteiger partial charge < -0.3 is 14.6 Å². The number of benzene rings is 1. The Morgan fingerprint density at radius 3 is 2.64 bits per heavy atom. The highest BCUT2D eigenvalue weighted by molar-refractivity contribution is 5.13. The molecule has 1 fully saturated rings. The largest absolute Gasteiger partial charge is 0.394 e. The highest BCUT2D eigenvalue weighted by Gasteiger charge is 2.37. The van der Waals surface area contributed by atoms with Crippen molar-refractivity contribution < 1.29 is 14.6 Å². The van der Waals surface area contributed by atoms with E-state index in [1.54, 1.807) is 0 Å². The van der Waals surface area contributed by atoms with Gasteiger partial charge in [-0.15, -0.1) is 0 Å². The molecule has 1 saturated heterocycles. The van der Waals surface area contributed by atoms with Gasteiger partial charge in [0, 0.05) is 0 Å². The molecule has 0 bridgehead atoms. The lowest BCUT2D eigenvalue weighted by Crippen LogP contribution is -2.07. The number of epoxide rings is 1. The summed E-state index contributed by atoms with van der Waals surface area (Å²) in [5, 5.41) is 8.71. The summed E-state index contributed by atoms with van der Waals surface area (Å²) in [5.41, 5.74) is 1.16. The summed E-state index contributed by atoms with van der Waals surface area (Å²) >= 11 is 0. The number of hydrogen-bond donors (Lipinski definition) is 1. The molecule has 1 heterocycles. The molecule has 2 atom stereocenters. The first-order chi connectivity index (χ1) is 6.90. The fraction of sp³-hybridized carbons (Fsp3) is 0.455. The zero-order valence-electron chi connectivity index (χ0n) is 7.93. The summed E-state index contributed by atoms with van der Waals surface area (Å²) in [4.78, 5) is 0. The molecule has 0 aliphatic carbocycles. The maximum Gasteiger partial charge on any atom is 0.110 e. The molecule has 0 radical (unpaired) electrons.